The van der Waals surface area contributed by atoms with Gasteiger partial charge in [-0.15, -0.1) is 0 Å². The van der Waals surface area contributed by atoms with Gasteiger partial charge in [0, 0.05) is 32.1 Å². The molecule has 0 saturated carbocycles. The van der Waals surface area contributed by atoms with E-state index in [2.05, 4.69) is 15.5 Å². The van der Waals surface area contributed by atoms with E-state index < -0.39 is 30.4 Å². The molecule has 186 valence electrons. The third kappa shape index (κ3) is 6.17. The molecular weight excluding hydrogens is 450 g/mol. The SMILES string of the molecule is O=C(O)CC(NC(=O)OCC1c2ccccc2-c2ccccc21)C(=O)NCCN1CCC(O)CC1. The van der Waals surface area contributed by atoms with Crippen LogP contribution >= 0.6 is 0 Å². The van der Waals surface area contributed by atoms with E-state index >= 15 is 0 Å². The Morgan fingerprint density at radius 1 is 1.00 bits per heavy atom. The second-order valence-corrected chi connectivity index (χ2v) is 8.98. The summed E-state index contributed by atoms with van der Waals surface area (Å²) >= 11 is 0. The largest absolute Gasteiger partial charge is 0.481 e. The first-order valence-corrected chi connectivity index (χ1v) is 11.9. The summed E-state index contributed by atoms with van der Waals surface area (Å²) in [5, 5.41) is 23.9. The number of carbonyl (C=O) groups is 3. The number of amides is 2. The van der Waals surface area contributed by atoms with E-state index in [1.165, 1.54) is 0 Å². The molecule has 1 unspecified atom stereocenters. The first kappa shape index (κ1) is 24.7. The maximum atomic E-state index is 12.6. The number of nitrogens with zero attached hydrogens (tertiary/aromatic N) is 1. The minimum atomic E-state index is -1.24. The highest BCUT2D eigenvalue weighted by molar-refractivity contribution is 5.89. The Morgan fingerprint density at radius 3 is 2.20 bits per heavy atom. The molecule has 4 N–H and O–H groups in total. The summed E-state index contributed by atoms with van der Waals surface area (Å²) in [6, 6.07) is 14.7. The van der Waals surface area contributed by atoms with Crippen molar-refractivity contribution in [3.63, 3.8) is 0 Å². The second-order valence-electron chi connectivity index (χ2n) is 8.98. The lowest BCUT2D eigenvalue weighted by Gasteiger charge is -2.29. The molecule has 9 heteroatoms. The molecule has 1 atom stereocenters. The van der Waals surface area contributed by atoms with Crippen molar-refractivity contribution >= 4 is 18.0 Å². The van der Waals surface area contributed by atoms with Crippen LogP contribution < -0.4 is 10.6 Å². The normalized spacial score (nSPS) is 16.7. The van der Waals surface area contributed by atoms with Crippen LogP contribution in [0.2, 0.25) is 0 Å². The van der Waals surface area contributed by atoms with E-state index in [0.29, 0.717) is 25.9 Å². The van der Waals surface area contributed by atoms with Gasteiger partial charge < -0.3 is 30.5 Å². The standard InChI is InChI=1S/C26H31N3O6/c30-17-9-12-29(13-10-17)14-11-27-25(33)23(15-24(31)32)28-26(34)35-16-22-20-7-3-1-5-18(20)19-6-2-4-8-21(19)22/h1-8,17,22-23,30H,9-16H2,(H,27,33)(H,28,34)(H,31,32). The number of hydrogen-bond acceptors (Lipinski definition) is 6. The van der Waals surface area contributed by atoms with Crippen LogP contribution in [-0.4, -0.2) is 78.0 Å². The fourth-order valence-corrected chi connectivity index (χ4v) is 4.77. The van der Waals surface area contributed by atoms with Crippen molar-refractivity contribution in [1.29, 1.82) is 0 Å². The van der Waals surface area contributed by atoms with Crippen molar-refractivity contribution in [3.05, 3.63) is 59.7 Å². The Hall–Kier alpha value is -3.43. The van der Waals surface area contributed by atoms with E-state index in [1.54, 1.807) is 0 Å². The summed E-state index contributed by atoms with van der Waals surface area (Å²) < 4.78 is 5.46. The predicted molar refractivity (Wildman–Crippen MR) is 129 cm³/mol. The number of carboxylic acids is 1. The lowest BCUT2D eigenvalue weighted by Crippen LogP contribution is -2.50. The zero-order chi connectivity index (χ0) is 24.8. The highest BCUT2D eigenvalue weighted by Crippen LogP contribution is 2.44. The molecule has 0 bridgehead atoms. The zero-order valence-electron chi connectivity index (χ0n) is 19.5. The van der Waals surface area contributed by atoms with Crippen LogP contribution in [0.25, 0.3) is 11.1 Å². The number of carboxylic acid groups (broad SMARTS) is 1. The highest BCUT2D eigenvalue weighted by Gasteiger charge is 2.30. The van der Waals surface area contributed by atoms with E-state index in [1.807, 2.05) is 48.5 Å². The van der Waals surface area contributed by atoms with Crippen LogP contribution in [0.5, 0.6) is 0 Å². The number of aliphatic hydroxyl groups is 1. The van der Waals surface area contributed by atoms with Gasteiger partial charge in [-0.25, -0.2) is 4.79 Å². The number of nitrogens with one attached hydrogen (secondary N) is 2. The molecule has 0 spiro atoms. The van der Waals surface area contributed by atoms with E-state index in [0.717, 1.165) is 35.3 Å². The lowest BCUT2D eigenvalue weighted by atomic mass is 9.98. The van der Waals surface area contributed by atoms with Crippen molar-refractivity contribution in [2.24, 2.45) is 0 Å². The lowest BCUT2D eigenvalue weighted by molar-refractivity contribution is -0.139. The number of piperidine rings is 1. The molecule has 9 nitrogen and oxygen atoms in total. The Labute approximate surface area is 204 Å². The number of aliphatic hydroxyl groups excluding tert-OH is 1. The number of alkyl carbamates (subject to hydrolysis) is 1. The minimum Gasteiger partial charge on any atom is -0.481 e. The van der Waals surface area contributed by atoms with Crippen molar-refractivity contribution in [3.8, 4) is 11.1 Å². The zero-order valence-corrected chi connectivity index (χ0v) is 19.5. The number of likely N-dealkylation sites (tertiary alicyclic amines) is 1. The van der Waals surface area contributed by atoms with Gasteiger partial charge in [0.25, 0.3) is 0 Å². The number of ether oxygens (including phenoxy) is 1. The molecule has 1 aliphatic carbocycles. The molecule has 1 aliphatic heterocycles. The summed E-state index contributed by atoms with van der Waals surface area (Å²) in [6.45, 7) is 2.46. The Bertz CT molecular complexity index is 1020. The van der Waals surface area contributed by atoms with Crippen LogP contribution in [0.1, 0.15) is 36.3 Å². The van der Waals surface area contributed by atoms with Gasteiger partial charge in [0.1, 0.15) is 12.6 Å². The summed E-state index contributed by atoms with van der Waals surface area (Å²) in [7, 11) is 0. The van der Waals surface area contributed by atoms with Crippen molar-refractivity contribution in [2.45, 2.75) is 37.3 Å². The van der Waals surface area contributed by atoms with Crippen molar-refractivity contribution in [1.82, 2.24) is 15.5 Å². The summed E-state index contributed by atoms with van der Waals surface area (Å²) in [4.78, 5) is 38.5. The first-order valence-electron chi connectivity index (χ1n) is 11.9. The number of carbonyl (C=O) groups excluding carboxylic acids is 2. The van der Waals surface area contributed by atoms with Crippen molar-refractivity contribution in [2.75, 3.05) is 32.8 Å². The molecular formula is C26H31N3O6. The fraction of sp³-hybridized carbons (Fsp3) is 0.423. The van der Waals surface area contributed by atoms with E-state index in [4.69, 9.17) is 4.74 Å². The molecule has 2 amide bonds. The highest BCUT2D eigenvalue weighted by atomic mass is 16.5. The first-order chi connectivity index (χ1) is 16.9. The number of fused-ring (bicyclic) bond motifs is 3. The van der Waals surface area contributed by atoms with E-state index in [-0.39, 0.29) is 18.6 Å². The summed E-state index contributed by atoms with van der Waals surface area (Å²) in [6.07, 6.45) is -0.274. The third-order valence-corrected chi connectivity index (χ3v) is 6.62. The molecule has 1 saturated heterocycles. The molecule has 0 aromatic heterocycles. The maximum Gasteiger partial charge on any atom is 0.407 e. The average molecular weight is 482 g/mol. The summed E-state index contributed by atoms with van der Waals surface area (Å²) in [5.41, 5.74) is 4.32. The quantitative estimate of drug-likeness (QED) is 0.431. The van der Waals surface area contributed by atoms with Gasteiger partial charge in [0.15, 0.2) is 0 Å². The molecule has 35 heavy (non-hydrogen) atoms. The second kappa shape index (κ2) is 11.3. The van der Waals surface area contributed by atoms with Gasteiger partial charge in [-0.05, 0) is 35.1 Å². The monoisotopic (exact) mass is 481 g/mol. The number of rotatable bonds is 9. The van der Waals surface area contributed by atoms with Crippen LogP contribution in [0.4, 0.5) is 4.79 Å². The van der Waals surface area contributed by atoms with Crippen LogP contribution in [0.15, 0.2) is 48.5 Å². The molecule has 1 heterocycles. The van der Waals surface area contributed by atoms with Crippen LogP contribution in [-0.2, 0) is 14.3 Å². The topological polar surface area (TPSA) is 128 Å². The van der Waals surface area contributed by atoms with Gasteiger partial charge in [0.05, 0.1) is 12.5 Å². The Morgan fingerprint density at radius 2 is 1.60 bits per heavy atom. The fourth-order valence-electron chi connectivity index (χ4n) is 4.77. The third-order valence-electron chi connectivity index (χ3n) is 6.62. The molecule has 2 aliphatic rings. The number of aliphatic carboxylic acids is 1. The van der Waals surface area contributed by atoms with Gasteiger partial charge in [-0.2, -0.15) is 0 Å². The molecule has 0 radical (unpaired) electrons. The average Bonchev–Trinajstić information content (AvgIpc) is 3.17. The van der Waals surface area contributed by atoms with Gasteiger partial charge in [-0.3, -0.25) is 9.59 Å². The molecule has 2 aromatic rings. The number of hydrogen-bond donors (Lipinski definition) is 4. The summed E-state index contributed by atoms with van der Waals surface area (Å²) in [5.74, 6) is -1.91. The molecule has 2 aromatic carbocycles. The number of benzene rings is 2. The Balaban J connectivity index is 1.31. The molecule has 4 rings (SSSR count). The van der Waals surface area contributed by atoms with Gasteiger partial charge in [-0.1, -0.05) is 48.5 Å². The van der Waals surface area contributed by atoms with Crippen molar-refractivity contribution < 1.29 is 29.3 Å². The Kier molecular flexibility index (Phi) is 7.99. The van der Waals surface area contributed by atoms with Gasteiger partial charge in [0.2, 0.25) is 5.91 Å². The van der Waals surface area contributed by atoms with Gasteiger partial charge >= 0.3 is 12.1 Å². The van der Waals surface area contributed by atoms with Crippen LogP contribution in [0.3, 0.4) is 0 Å². The van der Waals surface area contributed by atoms with Crippen LogP contribution in [0, 0.1) is 0 Å². The van der Waals surface area contributed by atoms with E-state index in [9.17, 15) is 24.6 Å². The molecule has 1 fully saturated rings. The maximum absolute atomic E-state index is 12.6. The predicted octanol–water partition coefficient (Wildman–Crippen LogP) is 1.94. The minimum absolute atomic E-state index is 0.0715. The smallest absolute Gasteiger partial charge is 0.407 e.